The Morgan fingerprint density at radius 2 is 1.86 bits per heavy atom. The van der Waals surface area contributed by atoms with E-state index >= 15 is 0 Å². The summed E-state index contributed by atoms with van der Waals surface area (Å²) in [5.74, 6) is -1.95. The molecule has 8 heteroatoms. The molecule has 0 bridgehead atoms. The average Bonchev–Trinajstić information content (AvgIpc) is 2.78. The number of carbonyl (C=O) groups excluding carboxylic acids is 1. The van der Waals surface area contributed by atoms with Crippen LogP contribution in [0.1, 0.15) is 33.2 Å². The Morgan fingerprint density at radius 1 is 1.27 bits per heavy atom. The van der Waals surface area contributed by atoms with Gasteiger partial charge in [0.15, 0.2) is 0 Å². The summed E-state index contributed by atoms with van der Waals surface area (Å²) < 4.78 is 0. The lowest BCUT2D eigenvalue weighted by Crippen LogP contribution is -2.18. The van der Waals surface area contributed by atoms with Gasteiger partial charge in [-0.25, -0.2) is 9.78 Å². The molecule has 1 heterocycles. The Balaban J connectivity index is 2.18. The van der Waals surface area contributed by atoms with Crippen LogP contribution in [0.3, 0.4) is 0 Å². The number of aromatic nitrogens is 1. The number of anilines is 1. The molecule has 1 aromatic carbocycles. The van der Waals surface area contributed by atoms with Crippen molar-refractivity contribution in [3.05, 3.63) is 43.8 Å². The molecule has 0 saturated carbocycles. The first-order valence-corrected chi connectivity index (χ1v) is 7.82. The molecule has 0 fully saturated rings. The van der Waals surface area contributed by atoms with Crippen LogP contribution in [0.4, 0.5) is 5.69 Å². The van der Waals surface area contributed by atoms with Crippen LogP contribution in [-0.4, -0.2) is 22.0 Å². The predicted octanol–water partition coefficient (Wildman–Crippen LogP) is 4.20. The number of carboxylic acid groups (broad SMARTS) is 1. The molecule has 1 atom stereocenters. The first-order valence-electron chi connectivity index (χ1n) is 6.25. The van der Waals surface area contributed by atoms with Crippen molar-refractivity contribution in [2.24, 2.45) is 0 Å². The van der Waals surface area contributed by atoms with E-state index in [1.54, 1.807) is 32.0 Å². The zero-order valence-electron chi connectivity index (χ0n) is 11.7. The van der Waals surface area contributed by atoms with E-state index in [-0.39, 0.29) is 10.8 Å². The largest absolute Gasteiger partial charge is 0.477 e. The Bertz CT molecular complexity index is 725. The highest BCUT2D eigenvalue weighted by Gasteiger charge is 2.23. The SMILES string of the molecule is Cc1nc(C(C)C(=O)Nc2cc(Cl)cc(Cl)c2)sc1C(=O)O. The van der Waals surface area contributed by atoms with Crippen molar-refractivity contribution in [2.45, 2.75) is 19.8 Å². The van der Waals surface area contributed by atoms with Gasteiger partial charge in [-0.2, -0.15) is 0 Å². The summed E-state index contributed by atoms with van der Waals surface area (Å²) in [6, 6.07) is 4.72. The van der Waals surface area contributed by atoms with Crippen LogP contribution < -0.4 is 5.32 Å². The molecule has 1 aromatic heterocycles. The third kappa shape index (κ3) is 3.76. The quantitative estimate of drug-likeness (QED) is 0.858. The van der Waals surface area contributed by atoms with Gasteiger partial charge in [0.1, 0.15) is 9.88 Å². The summed E-state index contributed by atoms with van der Waals surface area (Å²) in [5, 5.41) is 13.0. The Kier molecular flexibility index (Phi) is 5.05. The van der Waals surface area contributed by atoms with Crippen molar-refractivity contribution in [3.63, 3.8) is 0 Å². The van der Waals surface area contributed by atoms with Gasteiger partial charge in [0.2, 0.25) is 5.91 Å². The van der Waals surface area contributed by atoms with Gasteiger partial charge in [0.25, 0.3) is 0 Å². The maximum Gasteiger partial charge on any atom is 0.347 e. The van der Waals surface area contributed by atoms with Crippen molar-refractivity contribution >= 4 is 52.1 Å². The van der Waals surface area contributed by atoms with Crippen LogP contribution >= 0.6 is 34.5 Å². The molecule has 2 rings (SSSR count). The minimum atomic E-state index is -1.05. The van der Waals surface area contributed by atoms with E-state index in [0.717, 1.165) is 11.3 Å². The Hall–Kier alpha value is -1.63. The van der Waals surface area contributed by atoms with E-state index in [4.69, 9.17) is 28.3 Å². The lowest BCUT2D eigenvalue weighted by atomic mass is 10.1. The van der Waals surface area contributed by atoms with Crippen molar-refractivity contribution < 1.29 is 14.7 Å². The highest BCUT2D eigenvalue weighted by Crippen LogP contribution is 2.27. The number of aryl methyl sites for hydroxylation is 1. The minimum absolute atomic E-state index is 0.139. The maximum atomic E-state index is 12.2. The molecular weight excluding hydrogens is 347 g/mol. The molecule has 5 nitrogen and oxygen atoms in total. The summed E-state index contributed by atoms with van der Waals surface area (Å²) in [6.07, 6.45) is 0. The summed E-state index contributed by atoms with van der Waals surface area (Å²) in [6.45, 7) is 3.26. The van der Waals surface area contributed by atoms with Crippen LogP contribution in [0.5, 0.6) is 0 Å². The second-order valence-corrected chi connectivity index (χ2v) is 6.54. The number of thiazole rings is 1. The summed E-state index contributed by atoms with van der Waals surface area (Å²) in [7, 11) is 0. The van der Waals surface area contributed by atoms with Gasteiger partial charge in [0, 0.05) is 15.7 Å². The third-order valence-corrected chi connectivity index (χ3v) is 4.67. The molecule has 0 aliphatic rings. The number of hydrogen-bond donors (Lipinski definition) is 2. The van der Waals surface area contributed by atoms with E-state index in [9.17, 15) is 9.59 Å². The molecule has 2 aromatic rings. The number of aromatic carboxylic acids is 1. The molecule has 1 amide bonds. The number of carboxylic acids is 1. The zero-order valence-corrected chi connectivity index (χ0v) is 14.0. The summed E-state index contributed by atoms with van der Waals surface area (Å²) >= 11 is 12.8. The third-order valence-electron chi connectivity index (χ3n) is 2.90. The number of nitrogens with zero attached hydrogens (tertiary/aromatic N) is 1. The van der Waals surface area contributed by atoms with Crippen molar-refractivity contribution in [2.75, 3.05) is 5.32 Å². The fraction of sp³-hybridized carbons (Fsp3) is 0.214. The number of amides is 1. The first-order chi connectivity index (χ1) is 10.3. The van der Waals surface area contributed by atoms with Gasteiger partial charge in [0.05, 0.1) is 11.6 Å². The fourth-order valence-electron chi connectivity index (χ4n) is 1.79. The highest BCUT2D eigenvalue weighted by atomic mass is 35.5. The van der Waals surface area contributed by atoms with E-state index in [2.05, 4.69) is 10.3 Å². The highest BCUT2D eigenvalue weighted by molar-refractivity contribution is 7.13. The lowest BCUT2D eigenvalue weighted by molar-refractivity contribution is -0.117. The molecule has 0 spiro atoms. The van der Waals surface area contributed by atoms with Gasteiger partial charge in [-0.1, -0.05) is 23.2 Å². The number of nitrogens with one attached hydrogen (secondary N) is 1. The normalized spacial score (nSPS) is 12.0. The minimum Gasteiger partial charge on any atom is -0.477 e. The lowest BCUT2D eigenvalue weighted by Gasteiger charge is -2.10. The molecule has 1 unspecified atom stereocenters. The number of rotatable bonds is 4. The molecule has 0 saturated heterocycles. The van der Waals surface area contributed by atoms with E-state index in [1.165, 1.54) is 0 Å². The average molecular weight is 359 g/mol. The molecule has 2 N–H and O–H groups in total. The van der Waals surface area contributed by atoms with E-state index in [0.29, 0.717) is 26.4 Å². The topological polar surface area (TPSA) is 79.3 Å². The van der Waals surface area contributed by atoms with Crippen LogP contribution in [0.2, 0.25) is 10.0 Å². The maximum absolute atomic E-state index is 12.2. The molecular formula is C14H12Cl2N2O3S. The molecule has 116 valence electrons. The van der Waals surface area contributed by atoms with Gasteiger partial charge >= 0.3 is 5.97 Å². The predicted molar refractivity (Wildman–Crippen MR) is 87.3 cm³/mol. The Labute approximate surface area is 140 Å². The van der Waals surface area contributed by atoms with E-state index in [1.807, 2.05) is 0 Å². The zero-order chi connectivity index (χ0) is 16.4. The summed E-state index contributed by atoms with van der Waals surface area (Å²) in [5.41, 5.74) is 0.874. The van der Waals surface area contributed by atoms with Crippen LogP contribution in [-0.2, 0) is 4.79 Å². The number of carbonyl (C=O) groups is 2. The molecule has 22 heavy (non-hydrogen) atoms. The van der Waals surface area contributed by atoms with Crippen LogP contribution in [0.15, 0.2) is 18.2 Å². The number of hydrogen-bond acceptors (Lipinski definition) is 4. The number of benzene rings is 1. The van der Waals surface area contributed by atoms with Gasteiger partial charge in [-0.15, -0.1) is 11.3 Å². The summed E-state index contributed by atoms with van der Waals surface area (Å²) in [4.78, 5) is 27.6. The molecule has 0 aliphatic carbocycles. The molecule has 0 radical (unpaired) electrons. The Morgan fingerprint density at radius 3 is 2.36 bits per heavy atom. The van der Waals surface area contributed by atoms with Gasteiger partial charge < -0.3 is 10.4 Å². The fourth-order valence-corrected chi connectivity index (χ4v) is 3.27. The van der Waals surface area contributed by atoms with Crippen molar-refractivity contribution in [3.8, 4) is 0 Å². The van der Waals surface area contributed by atoms with Gasteiger partial charge in [-0.05, 0) is 32.0 Å². The standard InChI is InChI=1S/C14H12Cl2N2O3S/c1-6(13-17-7(2)11(22-13)14(20)21)12(19)18-10-4-8(15)3-9(16)5-10/h3-6H,1-2H3,(H,18,19)(H,20,21). The molecule has 0 aliphatic heterocycles. The van der Waals surface area contributed by atoms with Crippen LogP contribution in [0, 0.1) is 6.92 Å². The second-order valence-electron chi connectivity index (χ2n) is 4.64. The van der Waals surface area contributed by atoms with Crippen molar-refractivity contribution in [1.29, 1.82) is 0 Å². The van der Waals surface area contributed by atoms with E-state index < -0.39 is 11.9 Å². The smallest absolute Gasteiger partial charge is 0.347 e. The van der Waals surface area contributed by atoms with Crippen LogP contribution in [0.25, 0.3) is 0 Å². The first kappa shape index (κ1) is 16.7. The second kappa shape index (κ2) is 6.64. The number of halogens is 2. The monoisotopic (exact) mass is 358 g/mol. The van der Waals surface area contributed by atoms with Gasteiger partial charge in [-0.3, -0.25) is 4.79 Å². The van der Waals surface area contributed by atoms with Crippen molar-refractivity contribution in [1.82, 2.24) is 4.98 Å².